The fourth-order valence-electron chi connectivity index (χ4n) is 4.38. The van der Waals surface area contributed by atoms with Gasteiger partial charge in [0.1, 0.15) is 28.6 Å². The van der Waals surface area contributed by atoms with Crippen LogP contribution in [0.1, 0.15) is 72.5 Å². The van der Waals surface area contributed by atoms with Gasteiger partial charge >= 0.3 is 5.97 Å². The lowest BCUT2D eigenvalue weighted by Crippen LogP contribution is -2.08. The van der Waals surface area contributed by atoms with Crippen LogP contribution >= 0.6 is 15.9 Å². The number of ether oxygens (including phenoxy) is 4. The monoisotopic (exact) mass is 566 g/mol. The molecule has 37 heavy (non-hydrogen) atoms. The molecule has 1 fully saturated rings. The van der Waals surface area contributed by atoms with E-state index in [1.54, 1.807) is 18.2 Å². The fourth-order valence-corrected chi connectivity index (χ4v) is 5.09. The Bertz CT molecular complexity index is 1220. The third-order valence-electron chi connectivity index (χ3n) is 6.48. The first-order chi connectivity index (χ1) is 18.0. The summed E-state index contributed by atoms with van der Waals surface area (Å²) < 4.78 is 24.7. The van der Waals surface area contributed by atoms with Gasteiger partial charge in [-0.2, -0.15) is 0 Å². The van der Waals surface area contributed by atoms with Gasteiger partial charge in [-0.15, -0.1) is 0 Å². The highest BCUT2D eigenvalue weighted by molar-refractivity contribution is 9.10. The molecule has 3 aromatic rings. The SMILES string of the molecule is CCCc1c(OCCCOc2cc(C3CC3)c(Br)cc2CC)cccc1Oc1ccccc1C(=O)OC. The number of halogens is 1. The molecule has 3 aromatic carbocycles. The van der Waals surface area contributed by atoms with Crippen LogP contribution in [0.25, 0.3) is 0 Å². The summed E-state index contributed by atoms with van der Waals surface area (Å²) in [6.45, 7) is 5.40. The minimum atomic E-state index is -0.429. The maximum Gasteiger partial charge on any atom is 0.341 e. The van der Waals surface area contributed by atoms with E-state index < -0.39 is 5.97 Å². The number of carbonyl (C=O) groups is 1. The molecule has 5 nitrogen and oxygen atoms in total. The van der Waals surface area contributed by atoms with E-state index in [9.17, 15) is 4.79 Å². The van der Waals surface area contributed by atoms with Gasteiger partial charge in [0.05, 0.1) is 20.3 Å². The molecule has 0 bridgehead atoms. The Morgan fingerprint density at radius 1 is 0.919 bits per heavy atom. The lowest BCUT2D eigenvalue weighted by molar-refractivity contribution is 0.0598. The Morgan fingerprint density at radius 2 is 1.62 bits per heavy atom. The number of aryl methyl sites for hydroxylation is 1. The molecule has 0 radical (unpaired) electrons. The van der Waals surface area contributed by atoms with Gasteiger partial charge in [0, 0.05) is 16.5 Å². The summed E-state index contributed by atoms with van der Waals surface area (Å²) in [5.74, 6) is 3.16. The van der Waals surface area contributed by atoms with E-state index in [1.807, 2.05) is 24.3 Å². The summed E-state index contributed by atoms with van der Waals surface area (Å²) in [6, 6.07) is 17.3. The third-order valence-corrected chi connectivity index (χ3v) is 7.17. The van der Waals surface area contributed by atoms with E-state index in [0.29, 0.717) is 36.2 Å². The molecule has 1 aliphatic rings. The lowest BCUT2D eigenvalue weighted by Gasteiger charge is -2.17. The highest BCUT2D eigenvalue weighted by Crippen LogP contribution is 2.45. The maximum atomic E-state index is 12.2. The van der Waals surface area contributed by atoms with Crippen molar-refractivity contribution >= 4 is 21.9 Å². The maximum absolute atomic E-state index is 12.2. The highest BCUT2D eigenvalue weighted by Gasteiger charge is 2.26. The van der Waals surface area contributed by atoms with Crippen LogP contribution in [0.2, 0.25) is 0 Å². The van der Waals surface area contributed by atoms with Crippen LogP contribution in [0.15, 0.2) is 59.1 Å². The van der Waals surface area contributed by atoms with Crippen molar-refractivity contribution in [3.8, 4) is 23.0 Å². The summed E-state index contributed by atoms with van der Waals surface area (Å²) in [5, 5.41) is 0. The Kier molecular flexibility index (Phi) is 9.51. The van der Waals surface area contributed by atoms with Crippen molar-refractivity contribution in [3.63, 3.8) is 0 Å². The van der Waals surface area contributed by atoms with E-state index in [-0.39, 0.29) is 0 Å². The Labute approximate surface area is 228 Å². The third kappa shape index (κ3) is 6.86. The van der Waals surface area contributed by atoms with E-state index in [1.165, 1.54) is 35.6 Å². The Hall–Kier alpha value is -2.99. The zero-order chi connectivity index (χ0) is 26.2. The normalized spacial score (nSPS) is 12.8. The van der Waals surface area contributed by atoms with Gasteiger partial charge in [0.15, 0.2) is 0 Å². The first kappa shape index (κ1) is 27.1. The molecule has 0 N–H and O–H groups in total. The van der Waals surface area contributed by atoms with Gasteiger partial charge in [-0.3, -0.25) is 0 Å². The van der Waals surface area contributed by atoms with Crippen LogP contribution in [0.5, 0.6) is 23.0 Å². The number of esters is 1. The summed E-state index contributed by atoms with van der Waals surface area (Å²) in [4.78, 5) is 12.2. The Morgan fingerprint density at radius 3 is 2.32 bits per heavy atom. The number of benzene rings is 3. The van der Waals surface area contributed by atoms with Gasteiger partial charge in [0.2, 0.25) is 0 Å². The topological polar surface area (TPSA) is 54.0 Å². The van der Waals surface area contributed by atoms with Crippen LogP contribution in [0.4, 0.5) is 0 Å². The standard InChI is InChI=1S/C31H35BrO5/c1-4-10-23-27(13-8-14-28(23)37-29-12-7-6-11-24(29)31(33)34-3)35-17-9-18-36-30-20-25(22-15-16-22)26(32)19-21(30)5-2/h6-8,11-14,19-20,22H,4-5,9-10,15-18H2,1-3H3. The largest absolute Gasteiger partial charge is 0.493 e. The predicted octanol–water partition coefficient (Wildman–Crippen LogP) is 8.27. The van der Waals surface area contributed by atoms with Crippen LogP contribution in [0.3, 0.4) is 0 Å². The molecule has 0 amide bonds. The molecule has 196 valence electrons. The van der Waals surface area contributed by atoms with Crippen molar-refractivity contribution in [1.82, 2.24) is 0 Å². The molecule has 0 spiro atoms. The zero-order valence-corrected chi connectivity index (χ0v) is 23.4. The van der Waals surface area contributed by atoms with Crippen LogP contribution in [-0.2, 0) is 17.6 Å². The second kappa shape index (κ2) is 13.0. The smallest absolute Gasteiger partial charge is 0.341 e. The zero-order valence-electron chi connectivity index (χ0n) is 21.8. The molecular weight excluding hydrogens is 532 g/mol. The molecule has 0 unspecified atom stereocenters. The summed E-state index contributed by atoms with van der Waals surface area (Å²) in [5.41, 5.74) is 3.96. The minimum absolute atomic E-state index is 0.389. The molecule has 0 aliphatic heterocycles. The second-order valence-electron chi connectivity index (χ2n) is 9.23. The number of hydrogen-bond donors (Lipinski definition) is 0. The van der Waals surface area contributed by atoms with Gasteiger partial charge < -0.3 is 18.9 Å². The number of methoxy groups -OCH3 is 1. The van der Waals surface area contributed by atoms with Crippen LogP contribution in [0, 0.1) is 0 Å². The number of hydrogen-bond acceptors (Lipinski definition) is 5. The van der Waals surface area contributed by atoms with Gasteiger partial charge in [-0.05, 0) is 79.1 Å². The Balaban J connectivity index is 1.40. The van der Waals surface area contributed by atoms with E-state index in [0.717, 1.165) is 42.7 Å². The highest BCUT2D eigenvalue weighted by atomic mass is 79.9. The van der Waals surface area contributed by atoms with Crippen LogP contribution < -0.4 is 14.2 Å². The summed E-state index contributed by atoms with van der Waals surface area (Å²) in [7, 11) is 1.37. The van der Waals surface area contributed by atoms with Crippen molar-refractivity contribution in [2.24, 2.45) is 0 Å². The fraction of sp³-hybridized carbons (Fsp3) is 0.387. The predicted molar refractivity (Wildman–Crippen MR) is 149 cm³/mol. The summed E-state index contributed by atoms with van der Waals surface area (Å²) in [6.07, 6.45) is 5.95. The molecule has 0 atom stereocenters. The quantitative estimate of drug-likeness (QED) is 0.154. The van der Waals surface area contributed by atoms with Crippen LogP contribution in [-0.4, -0.2) is 26.3 Å². The van der Waals surface area contributed by atoms with E-state index in [4.69, 9.17) is 18.9 Å². The lowest BCUT2D eigenvalue weighted by atomic mass is 10.1. The van der Waals surface area contributed by atoms with E-state index in [2.05, 4.69) is 41.9 Å². The summed E-state index contributed by atoms with van der Waals surface area (Å²) >= 11 is 3.73. The molecule has 0 aromatic heterocycles. The molecule has 6 heteroatoms. The number of para-hydroxylation sites is 1. The second-order valence-corrected chi connectivity index (χ2v) is 10.1. The minimum Gasteiger partial charge on any atom is -0.493 e. The number of carbonyl (C=O) groups excluding carboxylic acids is 1. The average molecular weight is 568 g/mol. The molecule has 0 saturated heterocycles. The van der Waals surface area contributed by atoms with Gasteiger partial charge in [-0.25, -0.2) is 4.79 Å². The average Bonchev–Trinajstić information content (AvgIpc) is 3.76. The molecular formula is C31H35BrO5. The first-order valence-electron chi connectivity index (χ1n) is 13.1. The van der Waals surface area contributed by atoms with Gasteiger partial charge in [-0.1, -0.05) is 54.4 Å². The van der Waals surface area contributed by atoms with Crippen molar-refractivity contribution in [3.05, 3.63) is 81.3 Å². The van der Waals surface area contributed by atoms with Crippen molar-refractivity contribution < 1.29 is 23.7 Å². The molecule has 4 rings (SSSR count). The van der Waals surface area contributed by atoms with E-state index >= 15 is 0 Å². The van der Waals surface area contributed by atoms with Gasteiger partial charge in [0.25, 0.3) is 0 Å². The van der Waals surface area contributed by atoms with Crippen molar-refractivity contribution in [2.45, 2.75) is 58.3 Å². The molecule has 1 saturated carbocycles. The first-order valence-corrected chi connectivity index (χ1v) is 13.9. The number of rotatable bonds is 13. The van der Waals surface area contributed by atoms with Crippen molar-refractivity contribution in [1.29, 1.82) is 0 Å². The van der Waals surface area contributed by atoms with Crippen molar-refractivity contribution in [2.75, 3.05) is 20.3 Å². The molecule has 0 heterocycles. The molecule has 1 aliphatic carbocycles.